The molecule has 0 amide bonds. The van der Waals surface area contributed by atoms with E-state index in [0.29, 0.717) is 11.4 Å². The highest BCUT2D eigenvalue weighted by Crippen LogP contribution is 2.21. The Morgan fingerprint density at radius 1 is 1.12 bits per heavy atom. The summed E-state index contributed by atoms with van der Waals surface area (Å²) >= 11 is 0. The van der Waals surface area contributed by atoms with Crippen LogP contribution in [0.15, 0.2) is 42.7 Å². The van der Waals surface area contributed by atoms with Crippen molar-refractivity contribution in [2.45, 2.75) is 32.2 Å². The lowest BCUT2D eigenvalue weighted by atomic mass is 10.2. The first kappa shape index (κ1) is 15.3. The van der Waals surface area contributed by atoms with Crippen LogP contribution in [0.2, 0.25) is 0 Å². The summed E-state index contributed by atoms with van der Waals surface area (Å²) in [5.41, 5.74) is 2.37. The third-order valence-corrected chi connectivity index (χ3v) is 4.41. The van der Waals surface area contributed by atoms with E-state index in [9.17, 15) is 5.26 Å². The van der Waals surface area contributed by atoms with Crippen LogP contribution in [0.1, 0.15) is 36.5 Å². The molecule has 6 heteroatoms. The number of fused-ring (bicyclic) bond motifs is 1. The minimum Gasteiger partial charge on any atom is -0.310 e. The predicted octanol–water partition coefficient (Wildman–Crippen LogP) is 3.25. The molecule has 0 aliphatic carbocycles. The summed E-state index contributed by atoms with van der Waals surface area (Å²) in [6.45, 7) is 0.875. The molecule has 124 valence electrons. The van der Waals surface area contributed by atoms with Gasteiger partial charge in [-0.3, -0.25) is 0 Å². The minimum atomic E-state index is 0.522. The number of allylic oxidation sites excluding steroid dienone is 1. The molecule has 25 heavy (non-hydrogen) atoms. The van der Waals surface area contributed by atoms with Crippen molar-refractivity contribution in [1.82, 2.24) is 24.5 Å². The lowest BCUT2D eigenvalue weighted by Gasteiger charge is -2.05. The van der Waals surface area contributed by atoms with Crippen LogP contribution in [-0.4, -0.2) is 24.5 Å². The van der Waals surface area contributed by atoms with Crippen LogP contribution in [-0.2, 0) is 13.0 Å². The summed E-state index contributed by atoms with van der Waals surface area (Å²) < 4.78 is 3.88. The predicted molar refractivity (Wildman–Crippen MR) is 94.6 cm³/mol. The molecule has 0 spiro atoms. The van der Waals surface area contributed by atoms with E-state index in [-0.39, 0.29) is 0 Å². The minimum absolute atomic E-state index is 0.522. The Labute approximate surface area is 146 Å². The number of nitrogens with zero attached hydrogens (tertiary/aromatic N) is 6. The first-order valence-electron chi connectivity index (χ1n) is 8.49. The van der Waals surface area contributed by atoms with Crippen LogP contribution in [0.5, 0.6) is 0 Å². The van der Waals surface area contributed by atoms with Crippen molar-refractivity contribution in [3.63, 3.8) is 0 Å². The number of para-hydroxylation sites is 1. The van der Waals surface area contributed by atoms with Crippen molar-refractivity contribution >= 4 is 11.6 Å². The fourth-order valence-corrected chi connectivity index (χ4v) is 3.13. The molecule has 0 fully saturated rings. The fraction of sp³-hybridized carbons (Fsp3) is 0.263. The smallest absolute Gasteiger partial charge is 0.174 e. The van der Waals surface area contributed by atoms with Crippen LogP contribution < -0.4 is 0 Å². The first-order chi connectivity index (χ1) is 12.3. The van der Waals surface area contributed by atoms with E-state index >= 15 is 0 Å². The Kier molecular flexibility index (Phi) is 4.13. The Balaban J connectivity index is 1.67. The van der Waals surface area contributed by atoms with E-state index in [1.54, 1.807) is 10.9 Å². The summed E-state index contributed by atoms with van der Waals surface area (Å²) in [5, 5.41) is 22.6. The average Bonchev–Trinajstić information content (AvgIpc) is 3.21. The maximum atomic E-state index is 9.63. The highest BCUT2D eigenvalue weighted by atomic mass is 15.3. The van der Waals surface area contributed by atoms with Gasteiger partial charge in [-0.15, -0.1) is 10.2 Å². The second-order valence-corrected chi connectivity index (χ2v) is 6.13. The number of aromatic nitrogens is 5. The molecule has 1 aromatic carbocycles. The third kappa shape index (κ3) is 3.09. The zero-order valence-corrected chi connectivity index (χ0v) is 13.8. The number of hydrogen-bond acceptors (Lipinski definition) is 4. The third-order valence-electron chi connectivity index (χ3n) is 4.41. The Bertz CT molecular complexity index is 942. The molecule has 3 aromatic rings. The first-order valence-corrected chi connectivity index (χ1v) is 8.49. The highest BCUT2D eigenvalue weighted by molar-refractivity contribution is 5.87. The van der Waals surface area contributed by atoms with Gasteiger partial charge in [0, 0.05) is 24.7 Å². The van der Waals surface area contributed by atoms with Crippen LogP contribution in [0, 0.1) is 11.3 Å². The Hall–Kier alpha value is -3.20. The van der Waals surface area contributed by atoms with Crippen molar-refractivity contribution in [3.8, 4) is 11.8 Å². The Morgan fingerprint density at radius 2 is 2.00 bits per heavy atom. The summed E-state index contributed by atoms with van der Waals surface area (Å²) in [5.74, 6) is 1.64. The second kappa shape index (κ2) is 6.73. The van der Waals surface area contributed by atoms with Crippen LogP contribution in [0.25, 0.3) is 17.3 Å². The van der Waals surface area contributed by atoms with E-state index in [0.717, 1.165) is 42.9 Å². The standard InChI is InChI=1S/C19H18N6/c20-12-16(19-23-22-18-9-5-2-6-10-24(18)19)11-15-13-21-25(14-15)17-7-3-1-4-8-17/h1,3-4,7-8,11,13-14H,2,5-6,9-10H2/b16-11-. The Morgan fingerprint density at radius 3 is 2.84 bits per heavy atom. The van der Waals surface area contributed by atoms with Gasteiger partial charge in [0.05, 0.1) is 17.5 Å². The molecule has 0 saturated heterocycles. The van der Waals surface area contributed by atoms with E-state index in [1.165, 1.54) is 6.42 Å². The van der Waals surface area contributed by atoms with Gasteiger partial charge in [0.15, 0.2) is 5.82 Å². The van der Waals surface area contributed by atoms with Crippen molar-refractivity contribution in [1.29, 1.82) is 5.26 Å². The van der Waals surface area contributed by atoms with E-state index in [4.69, 9.17) is 0 Å². The van der Waals surface area contributed by atoms with Crippen LogP contribution in [0.4, 0.5) is 0 Å². The largest absolute Gasteiger partial charge is 0.310 e. The summed E-state index contributed by atoms with van der Waals surface area (Å²) in [6, 6.07) is 12.2. The number of hydrogen-bond donors (Lipinski definition) is 0. The maximum Gasteiger partial charge on any atom is 0.174 e. The van der Waals surface area contributed by atoms with Crippen molar-refractivity contribution in [3.05, 3.63) is 59.9 Å². The van der Waals surface area contributed by atoms with Crippen molar-refractivity contribution < 1.29 is 0 Å². The van der Waals surface area contributed by atoms with Gasteiger partial charge in [0.2, 0.25) is 0 Å². The summed E-state index contributed by atoms with van der Waals surface area (Å²) in [4.78, 5) is 0. The van der Waals surface area contributed by atoms with Gasteiger partial charge in [-0.2, -0.15) is 10.4 Å². The van der Waals surface area contributed by atoms with Crippen LogP contribution >= 0.6 is 0 Å². The van der Waals surface area contributed by atoms with E-state index < -0.39 is 0 Å². The molecule has 6 nitrogen and oxygen atoms in total. The van der Waals surface area contributed by atoms with Gasteiger partial charge in [0.25, 0.3) is 0 Å². The number of aryl methyl sites for hydroxylation is 1. The quantitative estimate of drug-likeness (QED) is 0.691. The summed E-state index contributed by atoms with van der Waals surface area (Å²) in [7, 11) is 0. The zero-order chi connectivity index (χ0) is 17.1. The lowest BCUT2D eigenvalue weighted by Crippen LogP contribution is -2.05. The van der Waals surface area contributed by atoms with Gasteiger partial charge in [0.1, 0.15) is 11.9 Å². The topological polar surface area (TPSA) is 72.3 Å². The number of benzene rings is 1. The molecule has 4 rings (SSSR count). The number of rotatable bonds is 3. The van der Waals surface area contributed by atoms with E-state index in [1.807, 2.05) is 42.6 Å². The number of nitriles is 1. The normalized spacial score (nSPS) is 14.6. The highest BCUT2D eigenvalue weighted by Gasteiger charge is 2.17. The molecule has 2 aromatic heterocycles. The maximum absolute atomic E-state index is 9.63. The van der Waals surface area contributed by atoms with Crippen LogP contribution in [0.3, 0.4) is 0 Å². The van der Waals surface area contributed by atoms with Crippen molar-refractivity contribution in [2.24, 2.45) is 0 Å². The molecule has 0 atom stereocenters. The molecule has 0 bridgehead atoms. The molecule has 3 heterocycles. The van der Waals surface area contributed by atoms with Gasteiger partial charge in [-0.25, -0.2) is 4.68 Å². The van der Waals surface area contributed by atoms with Gasteiger partial charge in [-0.1, -0.05) is 24.6 Å². The molecule has 0 radical (unpaired) electrons. The molecule has 0 N–H and O–H groups in total. The SMILES string of the molecule is N#C/C(=C/c1cnn(-c2ccccc2)c1)c1nnc2n1CCCCC2. The van der Waals surface area contributed by atoms with Gasteiger partial charge < -0.3 is 4.57 Å². The molecule has 1 aliphatic heterocycles. The summed E-state index contributed by atoms with van der Waals surface area (Å²) in [6.07, 6.45) is 9.84. The molecule has 1 aliphatic rings. The van der Waals surface area contributed by atoms with Gasteiger partial charge >= 0.3 is 0 Å². The molecule has 0 saturated carbocycles. The monoisotopic (exact) mass is 330 g/mol. The average molecular weight is 330 g/mol. The molecule has 0 unspecified atom stereocenters. The lowest BCUT2D eigenvalue weighted by molar-refractivity contribution is 0.627. The van der Waals surface area contributed by atoms with E-state index in [2.05, 4.69) is 25.9 Å². The molecular formula is C19H18N6. The fourth-order valence-electron chi connectivity index (χ4n) is 3.13. The van der Waals surface area contributed by atoms with Gasteiger partial charge in [-0.05, 0) is 31.1 Å². The van der Waals surface area contributed by atoms with Crippen molar-refractivity contribution in [2.75, 3.05) is 0 Å². The second-order valence-electron chi connectivity index (χ2n) is 6.13. The molecular weight excluding hydrogens is 312 g/mol. The zero-order valence-electron chi connectivity index (χ0n) is 13.8.